The van der Waals surface area contributed by atoms with Gasteiger partial charge < -0.3 is 0 Å². The van der Waals surface area contributed by atoms with Gasteiger partial charge in [-0.15, -0.1) is 59.4 Å². The molecule has 0 unspecified atom stereocenters. The Kier molecular flexibility index (Phi) is 13.4. The van der Waals surface area contributed by atoms with Crippen molar-refractivity contribution in [2.45, 2.75) is 6.92 Å². The molecule has 270 valence electrons. The van der Waals surface area contributed by atoms with Crippen molar-refractivity contribution >= 4 is 48.9 Å². The number of hydrogen-bond acceptors (Lipinski definition) is 3. The molecule has 3 nitrogen and oxygen atoms in total. The Morgan fingerprint density at radius 3 is 1.98 bits per heavy atom. The number of fused-ring (bicyclic) bond motifs is 3. The number of nitrogens with zero attached hydrogens (tertiary/aromatic N) is 3. The smallest absolute Gasteiger partial charge is 0.256 e. The van der Waals surface area contributed by atoms with Crippen LogP contribution in [0.1, 0.15) is 23.6 Å². The van der Waals surface area contributed by atoms with Crippen molar-refractivity contribution in [1.29, 1.82) is 0 Å². The van der Waals surface area contributed by atoms with Crippen molar-refractivity contribution in [3.05, 3.63) is 217 Å². The van der Waals surface area contributed by atoms with Gasteiger partial charge in [-0.2, -0.15) is 60.7 Å². The molecule has 0 amide bonds. The van der Waals surface area contributed by atoms with E-state index in [9.17, 15) is 0 Å². The van der Waals surface area contributed by atoms with E-state index in [2.05, 4.69) is 104 Å². The molecule has 0 atom stereocenters. The minimum atomic E-state index is 0. The second kappa shape index (κ2) is 18.8. The molecule has 0 aliphatic carbocycles. The Balaban J connectivity index is 0.00000256. The number of rotatable bonds is 8. The molecule has 0 fully saturated rings. The molecule has 0 saturated carbocycles. The summed E-state index contributed by atoms with van der Waals surface area (Å²) < 4.78 is 2.37. The van der Waals surface area contributed by atoms with Crippen molar-refractivity contribution in [3.8, 4) is 44.6 Å². The molecule has 2 aromatic heterocycles. The van der Waals surface area contributed by atoms with Crippen molar-refractivity contribution in [2.24, 2.45) is 9.98 Å². The van der Waals surface area contributed by atoms with Crippen molar-refractivity contribution in [2.75, 3.05) is 0 Å². The maximum atomic E-state index is 5.27. The van der Waals surface area contributed by atoms with Gasteiger partial charge in [0.25, 0.3) is 0 Å². The fraction of sp³-hybridized carbons (Fsp3) is 0.0192. The van der Waals surface area contributed by atoms with E-state index < -0.39 is 0 Å². The largest absolute Gasteiger partial charge is 2.00 e. The zero-order chi connectivity index (χ0) is 37.8. The van der Waals surface area contributed by atoms with Crippen LogP contribution in [-0.4, -0.2) is 16.5 Å². The SMILES string of the molecule is C=C(N=C(N=C(C)c1ccc[c-]c1-c1[c-]cc(-c2cc(-c3c[c-]c(-c4[c-]cccc4)cc3)c3sc4ccccc4c3n2)cc1)c1ccccc1)c1ccccc1.[U+2].[U+2]. The molecule has 0 N–H and O–H groups in total. The van der Waals surface area contributed by atoms with Gasteiger partial charge in [0.2, 0.25) is 0 Å². The first-order valence-corrected chi connectivity index (χ1v) is 19.2. The second-order valence-corrected chi connectivity index (χ2v) is 14.4. The topological polar surface area (TPSA) is 37.6 Å². The van der Waals surface area contributed by atoms with Crippen molar-refractivity contribution in [1.82, 2.24) is 4.98 Å². The predicted octanol–water partition coefficient (Wildman–Crippen LogP) is 13.2. The van der Waals surface area contributed by atoms with Crippen LogP contribution in [0, 0.1) is 86.5 Å². The van der Waals surface area contributed by atoms with Gasteiger partial charge in [-0.3, -0.25) is 4.98 Å². The van der Waals surface area contributed by atoms with Crippen LogP contribution in [0.5, 0.6) is 0 Å². The first kappa shape index (κ1) is 41.3. The van der Waals surface area contributed by atoms with Crippen molar-refractivity contribution < 1.29 is 62.2 Å². The van der Waals surface area contributed by atoms with E-state index in [0.29, 0.717) is 11.5 Å². The number of aliphatic imine (C=N–C) groups is 2. The zero-order valence-electron chi connectivity index (χ0n) is 31.6. The number of amidine groups is 1. The van der Waals surface area contributed by atoms with E-state index >= 15 is 0 Å². The molecule has 0 saturated heterocycles. The Morgan fingerprint density at radius 1 is 0.603 bits per heavy atom. The van der Waals surface area contributed by atoms with Crippen LogP contribution in [-0.2, 0) is 0 Å². The molecule has 9 aromatic rings. The summed E-state index contributed by atoms with van der Waals surface area (Å²) in [6.07, 6.45) is 0. The van der Waals surface area contributed by atoms with Crippen LogP contribution in [0.3, 0.4) is 0 Å². The van der Waals surface area contributed by atoms with Crippen LogP contribution in [0.4, 0.5) is 0 Å². The number of hydrogen-bond donors (Lipinski definition) is 0. The van der Waals surface area contributed by atoms with Gasteiger partial charge in [0.05, 0.1) is 15.9 Å². The monoisotopic (exact) mass is 1210 g/mol. The van der Waals surface area contributed by atoms with E-state index in [1.54, 1.807) is 11.3 Å². The third-order valence-electron chi connectivity index (χ3n) is 9.73. The molecule has 0 aliphatic heterocycles. The van der Waals surface area contributed by atoms with E-state index in [0.717, 1.165) is 82.6 Å². The van der Waals surface area contributed by atoms with Gasteiger partial charge in [-0.25, -0.2) is 32.2 Å². The second-order valence-electron chi connectivity index (χ2n) is 13.4. The molecule has 0 bridgehead atoms. The van der Waals surface area contributed by atoms with Gasteiger partial charge in [-0.05, 0) is 35.9 Å². The van der Waals surface area contributed by atoms with Crippen LogP contribution < -0.4 is 0 Å². The van der Waals surface area contributed by atoms with E-state index in [-0.39, 0.29) is 62.2 Å². The van der Waals surface area contributed by atoms with Gasteiger partial charge >= 0.3 is 62.2 Å². The molecule has 9 rings (SSSR count). The van der Waals surface area contributed by atoms with E-state index in [1.165, 1.54) is 4.70 Å². The number of aromatic nitrogens is 1. The summed E-state index contributed by atoms with van der Waals surface area (Å²) >= 11 is 1.78. The maximum absolute atomic E-state index is 5.27. The fourth-order valence-electron chi connectivity index (χ4n) is 6.85. The average Bonchev–Trinajstić information content (AvgIpc) is 3.65. The Bertz CT molecular complexity index is 2900. The molecular formula is C52H33N3SU2. The van der Waals surface area contributed by atoms with E-state index in [1.807, 2.05) is 104 Å². The van der Waals surface area contributed by atoms with Crippen LogP contribution in [0.2, 0.25) is 0 Å². The minimum Gasteiger partial charge on any atom is -0.256 e. The molecule has 0 spiro atoms. The molecule has 0 aliphatic rings. The summed E-state index contributed by atoms with van der Waals surface area (Å²) in [5, 5.41) is 1.15. The standard InChI is InChI=1S/C52H33N3S.2U/c1-35(37-16-6-3-7-17-37)53-52(43-20-10-5-11-21-43)54-36(2)44-22-12-13-23-45(44)40-30-32-42(33-31-40)48-34-47(51-50(55-48)46-24-14-15-25-49(46)56-51)41-28-26-39(27-29-41)38-18-8-4-9-19-38;;/h3-18,20-22,24-26,28-30,32-34H,1H2,2H3;;/q-4;2*+2. The number of thiophene rings is 1. The molecule has 2 heterocycles. The van der Waals surface area contributed by atoms with Crippen molar-refractivity contribution in [3.63, 3.8) is 0 Å². The maximum Gasteiger partial charge on any atom is 2.00 e. The third-order valence-corrected chi connectivity index (χ3v) is 10.9. The zero-order valence-corrected chi connectivity index (χ0v) is 40.8. The normalized spacial score (nSPS) is 11.5. The summed E-state index contributed by atoms with van der Waals surface area (Å²) in [4.78, 5) is 15.3. The summed E-state index contributed by atoms with van der Waals surface area (Å²) in [5.41, 5.74) is 13.2. The Labute approximate surface area is 391 Å². The van der Waals surface area contributed by atoms with Gasteiger partial charge in [0.15, 0.2) is 5.84 Å². The first-order valence-electron chi connectivity index (χ1n) is 18.4. The Morgan fingerprint density at radius 2 is 1.26 bits per heavy atom. The number of benzene rings is 7. The van der Waals surface area contributed by atoms with E-state index in [4.69, 9.17) is 15.0 Å². The summed E-state index contributed by atoms with van der Waals surface area (Å²) in [6.45, 7) is 6.27. The first-order chi connectivity index (χ1) is 27.6. The summed E-state index contributed by atoms with van der Waals surface area (Å²) in [7, 11) is 0. The Hall–Kier alpha value is -4.91. The average molecular weight is 1210 g/mol. The van der Waals surface area contributed by atoms with Gasteiger partial charge in [0, 0.05) is 21.3 Å². The van der Waals surface area contributed by atoms with Crippen LogP contribution >= 0.6 is 11.3 Å². The van der Waals surface area contributed by atoms with Crippen LogP contribution in [0.15, 0.2) is 186 Å². The van der Waals surface area contributed by atoms with Gasteiger partial charge in [0.1, 0.15) is 0 Å². The molecular weight excluding hydrogens is 1170 g/mol. The van der Waals surface area contributed by atoms with Crippen LogP contribution in [0.25, 0.3) is 70.6 Å². The quantitative estimate of drug-likeness (QED) is 0.0849. The predicted molar refractivity (Wildman–Crippen MR) is 235 cm³/mol. The molecule has 7 aromatic carbocycles. The molecule has 58 heavy (non-hydrogen) atoms. The number of pyridine rings is 1. The summed E-state index contributed by atoms with van der Waals surface area (Å²) in [5.74, 6) is 0.593. The minimum absolute atomic E-state index is 0. The third kappa shape index (κ3) is 8.74. The fourth-order valence-corrected chi connectivity index (χ4v) is 8.03. The molecule has 0 radical (unpaired) electrons. The van der Waals surface area contributed by atoms with Gasteiger partial charge in [-0.1, -0.05) is 96.6 Å². The summed E-state index contributed by atoms with van der Waals surface area (Å²) in [6, 6.07) is 71.2. The molecule has 6 heteroatoms.